The number of rotatable bonds is 6. The van der Waals surface area contributed by atoms with Gasteiger partial charge in [0.05, 0.1) is 0 Å². The second-order valence-corrected chi connectivity index (χ2v) is 4.73. The second kappa shape index (κ2) is 5.82. The number of amides is 1. The minimum absolute atomic E-state index is 0.224. The highest BCUT2D eigenvalue weighted by Crippen LogP contribution is 2.28. The zero-order valence-corrected chi connectivity index (χ0v) is 10.3. The number of benzene rings is 1. The lowest BCUT2D eigenvalue weighted by Crippen LogP contribution is -2.32. The molecule has 0 bridgehead atoms. The highest BCUT2D eigenvalue weighted by molar-refractivity contribution is 5.80. The molecular weight excluding hydrogens is 212 g/mol. The van der Waals surface area contributed by atoms with Crippen molar-refractivity contribution >= 4 is 5.91 Å². The molecule has 0 radical (unpaired) electrons. The van der Waals surface area contributed by atoms with Crippen LogP contribution in [0.1, 0.15) is 24.0 Å². The molecule has 1 fully saturated rings. The van der Waals surface area contributed by atoms with E-state index >= 15 is 0 Å². The summed E-state index contributed by atoms with van der Waals surface area (Å²) in [4.78, 5) is 11.3. The average Bonchev–Trinajstić information content (AvgIpc) is 3.15. The Hall–Kier alpha value is -1.35. The lowest BCUT2D eigenvalue weighted by molar-refractivity contribution is -0.122. The van der Waals surface area contributed by atoms with Gasteiger partial charge < -0.3 is 10.6 Å². The van der Waals surface area contributed by atoms with Gasteiger partial charge in [-0.3, -0.25) is 4.79 Å². The number of carbonyl (C=O) groups is 1. The third-order valence-electron chi connectivity index (χ3n) is 3.00. The Morgan fingerprint density at radius 2 is 1.94 bits per heavy atom. The van der Waals surface area contributed by atoms with E-state index < -0.39 is 0 Å². The van der Waals surface area contributed by atoms with Crippen LogP contribution in [0.25, 0.3) is 0 Å². The van der Waals surface area contributed by atoms with Crippen LogP contribution in [0.4, 0.5) is 0 Å². The molecule has 1 aliphatic rings. The van der Waals surface area contributed by atoms with Crippen LogP contribution in [0, 0.1) is 12.8 Å². The Kier molecular flexibility index (Phi) is 4.15. The predicted molar refractivity (Wildman–Crippen MR) is 68.6 cm³/mol. The predicted octanol–water partition coefficient (Wildman–Crippen LogP) is 1.61. The van der Waals surface area contributed by atoms with Crippen LogP contribution in [-0.4, -0.2) is 19.0 Å². The summed E-state index contributed by atoms with van der Waals surface area (Å²) in [6, 6.07) is 8.49. The molecule has 0 aromatic heterocycles. The number of nitrogens with one attached hydrogen (secondary N) is 2. The molecule has 92 valence electrons. The molecule has 2 N–H and O–H groups in total. The van der Waals surface area contributed by atoms with Crippen LogP contribution in [0.3, 0.4) is 0 Å². The summed E-state index contributed by atoms with van der Waals surface area (Å²) in [5, 5.41) is 6.26. The fraction of sp³-hybridized carbons (Fsp3) is 0.500. The summed E-state index contributed by atoms with van der Waals surface area (Å²) in [6.07, 6.45) is 2.14. The number of hydrogen-bond donors (Lipinski definition) is 2. The van der Waals surface area contributed by atoms with E-state index in [9.17, 15) is 4.79 Å². The summed E-state index contributed by atoms with van der Waals surface area (Å²) in [5.74, 6) is 0.536. The summed E-state index contributed by atoms with van der Waals surface area (Å²) in [6.45, 7) is 4.50. The Morgan fingerprint density at radius 3 is 2.59 bits per heavy atom. The van der Waals surface area contributed by atoms with Gasteiger partial charge >= 0.3 is 0 Å². The molecule has 1 amide bonds. The van der Waals surface area contributed by atoms with Crippen molar-refractivity contribution in [2.24, 2.45) is 5.92 Å². The Bertz CT molecular complexity index is 368. The molecule has 0 spiro atoms. The van der Waals surface area contributed by atoms with Gasteiger partial charge in [0, 0.05) is 25.6 Å². The summed E-state index contributed by atoms with van der Waals surface area (Å²) < 4.78 is 0. The van der Waals surface area contributed by atoms with Crippen molar-refractivity contribution in [2.45, 2.75) is 26.3 Å². The van der Waals surface area contributed by atoms with Crippen molar-refractivity contribution in [3.8, 4) is 0 Å². The normalized spacial score (nSPS) is 14.6. The first-order valence-electron chi connectivity index (χ1n) is 6.29. The van der Waals surface area contributed by atoms with E-state index in [1.165, 1.54) is 11.1 Å². The molecule has 0 unspecified atom stereocenters. The van der Waals surface area contributed by atoms with E-state index in [1.54, 1.807) is 0 Å². The molecular formula is C14H20N2O. The van der Waals surface area contributed by atoms with Crippen molar-refractivity contribution in [3.63, 3.8) is 0 Å². The minimum atomic E-state index is 0.224. The fourth-order valence-corrected chi connectivity index (χ4v) is 1.70. The topological polar surface area (TPSA) is 41.1 Å². The number of hydrogen-bond acceptors (Lipinski definition) is 2. The lowest BCUT2D eigenvalue weighted by Gasteiger charge is -2.06. The third kappa shape index (κ3) is 4.19. The standard InChI is InChI=1S/C14H20N2O/c1-11-2-4-12(5-3-11)10-15-8-9-16-14(17)13-6-7-13/h2-5,13,15H,6-10H2,1H3,(H,16,17). The molecule has 0 heterocycles. The first kappa shape index (κ1) is 12.1. The average molecular weight is 232 g/mol. The molecule has 0 aliphatic heterocycles. The Morgan fingerprint density at radius 1 is 1.24 bits per heavy atom. The van der Waals surface area contributed by atoms with Crippen molar-refractivity contribution in [1.29, 1.82) is 0 Å². The van der Waals surface area contributed by atoms with Gasteiger partial charge in [-0.1, -0.05) is 29.8 Å². The monoisotopic (exact) mass is 232 g/mol. The quantitative estimate of drug-likeness (QED) is 0.732. The minimum Gasteiger partial charge on any atom is -0.355 e. The highest BCUT2D eigenvalue weighted by atomic mass is 16.2. The Balaban J connectivity index is 1.56. The number of carbonyl (C=O) groups excluding carboxylic acids is 1. The fourth-order valence-electron chi connectivity index (χ4n) is 1.70. The first-order chi connectivity index (χ1) is 8.25. The van der Waals surface area contributed by atoms with Gasteiger partial charge in [0.2, 0.25) is 5.91 Å². The van der Waals surface area contributed by atoms with Crippen LogP contribution in [0.2, 0.25) is 0 Å². The molecule has 3 nitrogen and oxygen atoms in total. The van der Waals surface area contributed by atoms with Crippen LogP contribution in [-0.2, 0) is 11.3 Å². The van der Waals surface area contributed by atoms with Crippen molar-refractivity contribution in [2.75, 3.05) is 13.1 Å². The molecule has 2 rings (SSSR count). The van der Waals surface area contributed by atoms with Crippen LogP contribution in [0.5, 0.6) is 0 Å². The largest absolute Gasteiger partial charge is 0.355 e. The van der Waals surface area contributed by atoms with Crippen molar-refractivity contribution < 1.29 is 4.79 Å². The zero-order chi connectivity index (χ0) is 12.1. The van der Waals surface area contributed by atoms with E-state index in [-0.39, 0.29) is 5.91 Å². The molecule has 1 saturated carbocycles. The smallest absolute Gasteiger partial charge is 0.223 e. The SMILES string of the molecule is Cc1ccc(CNCCNC(=O)C2CC2)cc1. The maximum absolute atomic E-state index is 11.3. The van der Waals surface area contributed by atoms with E-state index in [0.29, 0.717) is 5.92 Å². The van der Waals surface area contributed by atoms with E-state index in [4.69, 9.17) is 0 Å². The molecule has 0 atom stereocenters. The third-order valence-corrected chi connectivity index (χ3v) is 3.00. The lowest BCUT2D eigenvalue weighted by atomic mass is 10.1. The van der Waals surface area contributed by atoms with E-state index in [1.807, 2.05) is 0 Å². The van der Waals surface area contributed by atoms with Gasteiger partial charge in [-0.2, -0.15) is 0 Å². The maximum atomic E-state index is 11.3. The second-order valence-electron chi connectivity index (χ2n) is 4.73. The van der Waals surface area contributed by atoms with Gasteiger partial charge in [0.25, 0.3) is 0 Å². The van der Waals surface area contributed by atoms with E-state index in [2.05, 4.69) is 41.8 Å². The first-order valence-corrected chi connectivity index (χ1v) is 6.29. The number of aryl methyl sites for hydroxylation is 1. The maximum Gasteiger partial charge on any atom is 0.223 e. The van der Waals surface area contributed by atoms with Crippen LogP contribution in [0.15, 0.2) is 24.3 Å². The molecule has 1 aromatic rings. The van der Waals surface area contributed by atoms with Crippen molar-refractivity contribution in [1.82, 2.24) is 10.6 Å². The van der Waals surface area contributed by atoms with Gasteiger partial charge in [0.15, 0.2) is 0 Å². The summed E-state index contributed by atoms with van der Waals surface area (Å²) in [7, 11) is 0. The molecule has 1 aromatic carbocycles. The summed E-state index contributed by atoms with van der Waals surface area (Å²) in [5.41, 5.74) is 2.56. The van der Waals surface area contributed by atoms with E-state index in [0.717, 1.165) is 32.5 Å². The van der Waals surface area contributed by atoms with Gasteiger partial charge in [0.1, 0.15) is 0 Å². The van der Waals surface area contributed by atoms with Crippen LogP contribution >= 0.6 is 0 Å². The van der Waals surface area contributed by atoms with Crippen molar-refractivity contribution in [3.05, 3.63) is 35.4 Å². The highest BCUT2D eigenvalue weighted by Gasteiger charge is 2.28. The molecule has 0 saturated heterocycles. The molecule has 3 heteroatoms. The Labute approximate surface area is 103 Å². The molecule has 1 aliphatic carbocycles. The summed E-state index contributed by atoms with van der Waals surface area (Å²) >= 11 is 0. The van der Waals surface area contributed by atoms with Gasteiger partial charge in [-0.25, -0.2) is 0 Å². The van der Waals surface area contributed by atoms with Gasteiger partial charge in [-0.15, -0.1) is 0 Å². The zero-order valence-electron chi connectivity index (χ0n) is 10.3. The van der Waals surface area contributed by atoms with Crippen LogP contribution < -0.4 is 10.6 Å². The van der Waals surface area contributed by atoms with Gasteiger partial charge in [-0.05, 0) is 25.3 Å². The molecule has 17 heavy (non-hydrogen) atoms.